The van der Waals surface area contributed by atoms with Crippen LogP contribution < -0.4 is 5.73 Å². The number of benzene rings is 1. The van der Waals surface area contributed by atoms with Crippen molar-refractivity contribution in [2.24, 2.45) is 5.73 Å². The molecular weight excluding hydrogens is 172 g/mol. The van der Waals surface area contributed by atoms with Gasteiger partial charge in [0, 0.05) is 6.04 Å². The molecule has 14 heavy (non-hydrogen) atoms. The lowest BCUT2D eigenvalue weighted by molar-refractivity contribution is 0.715. The molecule has 0 amide bonds. The zero-order valence-corrected chi connectivity index (χ0v) is 8.33. The van der Waals surface area contributed by atoms with E-state index < -0.39 is 0 Å². The van der Waals surface area contributed by atoms with Gasteiger partial charge in [0.2, 0.25) is 0 Å². The van der Waals surface area contributed by atoms with Gasteiger partial charge in [-0.15, -0.1) is 6.58 Å². The van der Waals surface area contributed by atoms with Crippen LogP contribution in [0.3, 0.4) is 0 Å². The van der Waals surface area contributed by atoms with E-state index in [-0.39, 0.29) is 6.04 Å². The van der Waals surface area contributed by atoms with Gasteiger partial charge in [0.05, 0.1) is 11.6 Å². The van der Waals surface area contributed by atoms with Crippen LogP contribution in [0.1, 0.15) is 30.5 Å². The van der Waals surface area contributed by atoms with Crippen LogP contribution in [0.2, 0.25) is 0 Å². The summed E-state index contributed by atoms with van der Waals surface area (Å²) < 4.78 is 0. The van der Waals surface area contributed by atoms with Crippen LogP contribution in [0.15, 0.2) is 36.4 Å². The molecule has 72 valence electrons. The topological polar surface area (TPSA) is 49.8 Å². The van der Waals surface area contributed by atoms with Gasteiger partial charge in [-0.2, -0.15) is 5.26 Å². The lowest BCUT2D eigenvalue weighted by Crippen LogP contribution is -2.11. The molecule has 2 heteroatoms. The van der Waals surface area contributed by atoms with Crippen LogP contribution in [0, 0.1) is 11.3 Å². The second kappa shape index (κ2) is 4.59. The first-order valence-electron chi connectivity index (χ1n) is 4.54. The fourth-order valence-corrected chi connectivity index (χ4v) is 1.41. The van der Waals surface area contributed by atoms with Crippen molar-refractivity contribution < 1.29 is 0 Å². The summed E-state index contributed by atoms with van der Waals surface area (Å²) in [4.78, 5) is 0. The molecule has 1 aromatic rings. The minimum Gasteiger partial charge on any atom is -0.324 e. The molecule has 1 atom stereocenters. The number of hydrogen-bond acceptors (Lipinski definition) is 2. The fraction of sp³-hybridized carbons (Fsp3) is 0.250. The number of nitrogens with two attached hydrogens (primary N) is 1. The van der Waals surface area contributed by atoms with E-state index in [9.17, 15) is 0 Å². The molecule has 0 bridgehead atoms. The normalized spacial score (nSPS) is 11.8. The molecule has 2 N–H and O–H groups in total. The third-order valence-corrected chi connectivity index (χ3v) is 2.05. The van der Waals surface area contributed by atoms with Crippen LogP contribution in [0.5, 0.6) is 0 Å². The van der Waals surface area contributed by atoms with Crippen LogP contribution >= 0.6 is 0 Å². The van der Waals surface area contributed by atoms with Gasteiger partial charge >= 0.3 is 0 Å². The molecule has 0 aliphatic heterocycles. The van der Waals surface area contributed by atoms with Crippen molar-refractivity contribution in [3.63, 3.8) is 0 Å². The lowest BCUT2D eigenvalue weighted by Gasteiger charge is -2.12. The van der Waals surface area contributed by atoms with E-state index in [0.29, 0.717) is 5.56 Å². The third-order valence-electron chi connectivity index (χ3n) is 2.05. The Kier molecular flexibility index (Phi) is 3.44. The smallest absolute Gasteiger partial charge is 0.0995 e. The van der Waals surface area contributed by atoms with Gasteiger partial charge < -0.3 is 5.73 Å². The summed E-state index contributed by atoms with van der Waals surface area (Å²) in [6, 6.07) is 9.44. The van der Waals surface area contributed by atoms with E-state index in [0.717, 1.165) is 17.6 Å². The number of rotatable bonds is 3. The van der Waals surface area contributed by atoms with E-state index in [1.54, 1.807) is 6.07 Å². The molecule has 0 aromatic heterocycles. The maximum absolute atomic E-state index is 8.87. The van der Waals surface area contributed by atoms with Crippen molar-refractivity contribution >= 4 is 0 Å². The summed E-state index contributed by atoms with van der Waals surface area (Å²) in [6.45, 7) is 5.75. The Morgan fingerprint density at radius 2 is 2.21 bits per heavy atom. The van der Waals surface area contributed by atoms with Gasteiger partial charge in [0.15, 0.2) is 0 Å². The maximum atomic E-state index is 8.87. The summed E-state index contributed by atoms with van der Waals surface area (Å²) in [5.41, 5.74) is 8.55. The standard InChI is InChI=1S/C12H14N2/c1-9(2)7-12(14)11-6-4-3-5-10(11)8-13/h3-6,12H,1,7,14H2,2H3/t12-/m0/s1. The van der Waals surface area contributed by atoms with Gasteiger partial charge in [-0.1, -0.05) is 23.8 Å². The first-order chi connectivity index (χ1) is 6.65. The highest BCUT2D eigenvalue weighted by molar-refractivity contribution is 5.39. The Bertz CT molecular complexity index is 374. The zero-order valence-electron chi connectivity index (χ0n) is 8.33. The van der Waals surface area contributed by atoms with Crippen molar-refractivity contribution in [3.05, 3.63) is 47.5 Å². The van der Waals surface area contributed by atoms with E-state index in [1.165, 1.54) is 0 Å². The SMILES string of the molecule is C=C(C)C[C@H](N)c1ccccc1C#N. The zero-order chi connectivity index (χ0) is 10.6. The number of nitriles is 1. The van der Waals surface area contributed by atoms with E-state index in [2.05, 4.69) is 12.6 Å². The highest BCUT2D eigenvalue weighted by Gasteiger charge is 2.09. The quantitative estimate of drug-likeness (QED) is 0.737. The number of nitrogens with zero attached hydrogens (tertiary/aromatic N) is 1. The summed E-state index contributed by atoms with van der Waals surface area (Å²) in [6.07, 6.45) is 0.721. The maximum Gasteiger partial charge on any atom is 0.0995 e. The Morgan fingerprint density at radius 1 is 1.57 bits per heavy atom. The van der Waals surface area contributed by atoms with Crippen LogP contribution in [0.4, 0.5) is 0 Å². The molecule has 0 aliphatic carbocycles. The lowest BCUT2D eigenvalue weighted by atomic mass is 9.97. The molecule has 2 nitrogen and oxygen atoms in total. The molecule has 1 aromatic carbocycles. The fourth-order valence-electron chi connectivity index (χ4n) is 1.41. The van der Waals surface area contributed by atoms with Crippen molar-refractivity contribution in [1.82, 2.24) is 0 Å². The van der Waals surface area contributed by atoms with Crippen LogP contribution in [0.25, 0.3) is 0 Å². The van der Waals surface area contributed by atoms with E-state index >= 15 is 0 Å². The molecule has 0 radical (unpaired) electrons. The summed E-state index contributed by atoms with van der Waals surface area (Å²) in [7, 11) is 0. The van der Waals surface area contributed by atoms with Crippen LogP contribution in [-0.4, -0.2) is 0 Å². The van der Waals surface area contributed by atoms with Gasteiger partial charge in [-0.3, -0.25) is 0 Å². The first kappa shape index (κ1) is 10.5. The van der Waals surface area contributed by atoms with E-state index in [1.807, 2.05) is 25.1 Å². The summed E-state index contributed by atoms with van der Waals surface area (Å²) in [5, 5.41) is 8.87. The minimum atomic E-state index is -0.122. The van der Waals surface area contributed by atoms with Gasteiger partial charge in [-0.05, 0) is 25.0 Å². The molecule has 0 heterocycles. The van der Waals surface area contributed by atoms with Crippen molar-refractivity contribution in [3.8, 4) is 6.07 Å². The van der Waals surface area contributed by atoms with Gasteiger partial charge in [0.1, 0.15) is 0 Å². The summed E-state index contributed by atoms with van der Waals surface area (Å²) in [5.74, 6) is 0. The highest BCUT2D eigenvalue weighted by Crippen LogP contribution is 2.20. The Labute approximate surface area is 84.7 Å². The molecular formula is C12H14N2. The third kappa shape index (κ3) is 2.45. The Hall–Kier alpha value is -1.59. The average Bonchev–Trinajstić information content (AvgIpc) is 2.16. The second-order valence-corrected chi connectivity index (χ2v) is 3.47. The predicted octanol–water partition coefficient (Wildman–Crippen LogP) is 2.52. The average molecular weight is 186 g/mol. The molecule has 0 spiro atoms. The highest BCUT2D eigenvalue weighted by atomic mass is 14.6. The Balaban J connectivity index is 2.95. The van der Waals surface area contributed by atoms with Crippen molar-refractivity contribution in [2.45, 2.75) is 19.4 Å². The molecule has 0 saturated carbocycles. The monoisotopic (exact) mass is 186 g/mol. The second-order valence-electron chi connectivity index (χ2n) is 3.47. The van der Waals surface area contributed by atoms with Gasteiger partial charge in [0.25, 0.3) is 0 Å². The molecule has 1 rings (SSSR count). The molecule has 0 unspecified atom stereocenters. The predicted molar refractivity (Wildman–Crippen MR) is 57.5 cm³/mol. The molecule has 0 aliphatic rings. The summed E-state index contributed by atoms with van der Waals surface area (Å²) >= 11 is 0. The minimum absolute atomic E-state index is 0.122. The first-order valence-corrected chi connectivity index (χ1v) is 4.54. The largest absolute Gasteiger partial charge is 0.324 e. The van der Waals surface area contributed by atoms with Gasteiger partial charge in [-0.25, -0.2) is 0 Å². The van der Waals surface area contributed by atoms with Crippen molar-refractivity contribution in [1.29, 1.82) is 5.26 Å². The molecule has 0 saturated heterocycles. The number of hydrogen-bond donors (Lipinski definition) is 1. The Morgan fingerprint density at radius 3 is 2.79 bits per heavy atom. The van der Waals surface area contributed by atoms with Crippen LogP contribution in [-0.2, 0) is 0 Å². The van der Waals surface area contributed by atoms with Crippen molar-refractivity contribution in [2.75, 3.05) is 0 Å². The molecule has 0 fully saturated rings. The van der Waals surface area contributed by atoms with E-state index in [4.69, 9.17) is 11.0 Å².